The second kappa shape index (κ2) is 3.93. The van der Waals surface area contributed by atoms with Gasteiger partial charge in [0, 0.05) is 5.56 Å². The highest BCUT2D eigenvalue weighted by molar-refractivity contribution is 6.30. The van der Waals surface area contributed by atoms with Gasteiger partial charge in [-0.05, 0) is 37.0 Å². The summed E-state index contributed by atoms with van der Waals surface area (Å²) in [5.41, 5.74) is -0.435. The van der Waals surface area contributed by atoms with E-state index in [0.717, 1.165) is 18.9 Å². The molecule has 0 aromatic heterocycles. The third-order valence-electron chi connectivity index (χ3n) is 3.72. The number of carbonyl (C=O) groups is 1. The van der Waals surface area contributed by atoms with Crippen molar-refractivity contribution < 1.29 is 14.3 Å². The first-order valence-electron chi connectivity index (χ1n) is 5.96. The van der Waals surface area contributed by atoms with E-state index < -0.39 is 11.4 Å². The van der Waals surface area contributed by atoms with Crippen LogP contribution in [0.3, 0.4) is 0 Å². The number of likely N-dealkylation sites (tertiary alicyclic amines) is 1. The first-order chi connectivity index (χ1) is 8.49. The second-order valence-electron chi connectivity index (χ2n) is 5.17. The molecule has 5 heteroatoms. The van der Waals surface area contributed by atoms with Gasteiger partial charge in [0.05, 0.1) is 18.1 Å². The number of hydrogen-bond acceptors (Lipinski definition) is 2. The van der Waals surface area contributed by atoms with Crippen LogP contribution in [0.15, 0.2) is 18.2 Å². The number of aliphatic hydroxyl groups is 1. The lowest BCUT2D eigenvalue weighted by Gasteiger charge is -2.47. The molecule has 1 heterocycles. The smallest absolute Gasteiger partial charge is 0.254 e. The minimum absolute atomic E-state index is 0.00430. The van der Waals surface area contributed by atoms with Crippen molar-refractivity contribution in [2.24, 2.45) is 5.92 Å². The quantitative estimate of drug-likeness (QED) is 0.893. The Morgan fingerprint density at radius 1 is 1.44 bits per heavy atom. The highest BCUT2D eigenvalue weighted by atomic mass is 35.5. The lowest BCUT2D eigenvalue weighted by molar-refractivity contribution is -0.0958. The van der Waals surface area contributed by atoms with Crippen LogP contribution in [-0.2, 0) is 0 Å². The van der Waals surface area contributed by atoms with Gasteiger partial charge in [-0.2, -0.15) is 0 Å². The predicted molar refractivity (Wildman–Crippen MR) is 65.0 cm³/mol. The van der Waals surface area contributed by atoms with E-state index >= 15 is 0 Å². The second-order valence-corrected chi connectivity index (χ2v) is 5.58. The number of carbonyl (C=O) groups excluding carboxylic acids is 1. The van der Waals surface area contributed by atoms with Crippen LogP contribution in [0.4, 0.5) is 4.39 Å². The Kier molecular flexibility index (Phi) is 2.61. The van der Waals surface area contributed by atoms with Crippen LogP contribution in [0.5, 0.6) is 0 Å². The molecule has 0 atom stereocenters. The standard InChI is InChI=1S/C13H13ClFNO2/c14-10-4-1-8(5-11(10)15)12(17)16-6-13(18,7-16)9-2-3-9/h1,4-5,9,18H,2-3,6-7H2. The molecule has 96 valence electrons. The van der Waals surface area contributed by atoms with Crippen molar-refractivity contribution in [3.63, 3.8) is 0 Å². The summed E-state index contributed by atoms with van der Waals surface area (Å²) in [6, 6.07) is 4.01. The molecular weight excluding hydrogens is 257 g/mol. The molecule has 1 aliphatic carbocycles. The molecular formula is C13H13ClFNO2. The summed E-state index contributed by atoms with van der Waals surface area (Å²) in [6.45, 7) is 0.696. The number of hydrogen-bond donors (Lipinski definition) is 1. The summed E-state index contributed by atoms with van der Waals surface area (Å²) in [7, 11) is 0. The molecule has 18 heavy (non-hydrogen) atoms. The van der Waals surface area contributed by atoms with Crippen molar-refractivity contribution in [2.45, 2.75) is 18.4 Å². The molecule has 1 N–H and O–H groups in total. The molecule has 2 fully saturated rings. The van der Waals surface area contributed by atoms with E-state index in [0.29, 0.717) is 19.0 Å². The van der Waals surface area contributed by atoms with Gasteiger partial charge in [0.2, 0.25) is 0 Å². The molecule has 3 rings (SSSR count). The summed E-state index contributed by atoms with van der Waals surface area (Å²) in [5, 5.41) is 10.1. The summed E-state index contributed by atoms with van der Waals surface area (Å²) < 4.78 is 13.3. The highest BCUT2D eigenvalue weighted by Crippen LogP contribution is 2.44. The van der Waals surface area contributed by atoms with Crippen molar-refractivity contribution >= 4 is 17.5 Å². The predicted octanol–water partition coefficient (Wildman–Crippen LogP) is 2.08. The third kappa shape index (κ3) is 1.89. The zero-order valence-corrected chi connectivity index (χ0v) is 10.5. The number of β-amino-alcohol motifs (C(OH)–C–C–N with tert-alkyl or cyclic N) is 1. The summed E-state index contributed by atoms with van der Waals surface area (Å²) in [6.07, 6.45) is 2.07. The largest absolute Gasteiger partial charge is 0.386 e. The molecule has 1 saturated carbocycles. The topological polar surface area (TPSA) is 40.5 Å². The summed E-state index contributed by atoms with van der Waals surface area (Å²) in [4.78, 5) is 13.6. The molecule has 2 aliphatic rings. The molecule has 0 unspecified atom stereocenters. The van der Waals surface area contributed by atoms with Gasteiger partial charge >= 0.3 is 0 Å². The molecule has 1 aliphatic heterocycles. The van der Waals surface area contributed by atoms with Gasteiger partial charge in [0.15, 0.2) is 0 Å². The van der Waals surface area contributed by atoms with E-state index in [9.17, 15) is 14.3 Å². The number of rotatable bonds is 2. The fourth-order valence-electron chi connectivity index (χ4n) is 2.45. The van der Waals surface area contributed by atoms with Gasteiger partial charge in [-0.25, -0.2) is 4.39 Å². The molecule has 0 bridgehead atoms. The zero-order valence-electron chi connectivity index (χ0n) is 9.70. The fraction of sp³-hybridized carbons (Fsp3) is 0.462. The molecule has 1 saturated heterocycles. The first kappa shape index (κ1) is 11.9. The Bertz CT molecular complexity index is 510. The number of amides is 1. The van der Waals surface area contributed by atoms with Crippen LogP contribution in [0.2, 0.25) is 5.02 Å². The average Bonchev–Trinajstić information content (AvgIpc) is 3.12. The molecule has 3 nitrogen and oxygen atoms in total. The molecule has 1 aromatic rings. The summed E-state index contributed by atoms with van der Waals surface area (Å²) in [5.74, 6) is -0.514. The van der Waals surface area contributed by atoms with Crippen molar-refractivity contribution in [3.8, 4) is 0 Å². The van der Waals surface area contributed by atoms with E-state index in [1.165, 1.54) is 12.1 Å². The van der Waals surface area contributed by atoms with E-state index in [1.807, 2.05) is 0 Å². The third-order valence-corrected chi connectivity index (χ3v) is 4.03. The van der Waals surface area contributed by atoms with Crippen LogP contribution in [0.1, 0.15) is 23.2 Å². The lowest BCUT2D eigenvalue weighted by atomic mass is 9.88. The Morgan fingerprint density at radius 2 is 2.11 bits per heavy atom. The number of halogens is 2. The Balaban J connectivity index is 1.70. The van der Waals surface area contributed by atoms with Gasteiger partial charge in [0.1, 0.15) is 11.4 Å². The maximum atomic E-state index is 13.3. The minimum atomic E-state index is -0.708. The van der Waals surface area contributed by atoms with Crippen LogP contribution < -0.4 is 0 Å². The van der Waals surface area contributed by atoms with Gasteiger partial charge in [-0.3, -0.25) is 4.79 Å². The van der Waals surface area contributed by atoms with E-state index in [1.54, 1.807) is 4.90 Å². The maximum absolute atomic E-state index is 13.3. The molecule has 0 radical (unpaired) electrons. The zero-order chi connectivity index (χ0) is 12.9. The van der Waals surface area contributed by atoms with Crippen LogP contribution >= 0.6 is 11.6 Å². The summed E-state index contributed by atoms with van der Waals surface area (Å²) >= 11 is 5.57. The fourth-order valence-corrected chi connectivity index (χ4v) is 2.57. The van der Waals surface area contributed by atoms with Crippen LogP contribution in [-0.4, -0.2) is 34.6 Å². The van der Waals surface area contributed by atoms with Gasteiger partial charge < -0.3 is 10.0 Å². The molecule has 1 amide bonds. The van der Waals surface area contributed by atoms with E-state index in [4.69, 9.17) is 11.6 Å². The van der Waals surface area contributed by atoms with Crippen molar-refractivity contribution in [1.82, 2.24) is 4.90 Å². The lowest BCUT2D eigenvalue weighted by Crippen LogP contribution is -2.64. The first-order valence-corrected chi connectivity index (χ1v) is 6.34. The van der Waals surface area contributed by atoms with E-state index in [-0.39, 0.29) is 16.5 Å². The molecule has 1 aromatic carbocycles. The van der Waals surface area contributed by atoms with Gasteiger partial charge in [-0.15, -0.1) is 0 Å². The molecule has 0 spiro atoms. The maximum Gasteiger partial charge on any atom is 0.254 e. The minimum Gasteiger partial charge on any atom is -0.386 e. The Hall–Kier alpha value is -1.13. The van der Waals surface area contributed by atoms with Gasteiger partial charge in [0.25, 0.3) is 5.91 Å². The van der Waals surface area contributed by atoms with E-state index in [2.05, 4.69) is 0 Å². The monoisotopic (exact) mass is 269 g/mol. The van der Waals surface area contributed by atoms with Crippen molar-refractivity contribution in [2.75, 3.05) is 13.1 Å². The van der Waals surface area contributed by atoms with Crippen molar-refractivity contribution in [1.29, 1.82) is 0 Å². The normalized spacial score (nSPS) is 21.6. The van der Waals surface area contributed by atoms with Crippen molar-refractivity contribution in [3.05, 3.63) is 34.6 Å². The Morgan fingerprint density at radius 3 is 2.67 bits per heavy atom. The highest BCUT2D eigenvalue weighted by Gasteiger charge is 2.53. The van der Waals surface area contributed by atoms with Crippen LogP contribution in [0.25, 0.3) is 0 Å². The van der Waals surface area contributed by atoms with Crippen LogP contribution in [0, 0.1) is 11.7 Å². The Labute approximate surface area is 109 Å². The number of nitrogens with zero attached hydrogens (tertiary/aromatic N) is 1. The number of benzene rings is 1. The SMILES string of the molecule is O=C(c1ccc(Cl)c(F)c1)N1CC(O)(C2CC2)C1. The average molecular weight is 270 g/mol. The van der Waals surface area contributed by atoms with Gasteiger partial charge in [-0.1, -0.05) is 11.6 Å².